The number of amides is 1. The molecule has 5 nitrogen and oxygen atoms in total. The molecule has 29 heavy (non-hydrogen) atoms. The second-order valence-corrected chi connectivity index (χ2v) is 8.03. The van der Waals surface area contributed by atoms with E-state index < -0.39 is 0 Å². The summed E-state index contributed by atoms with van der Waals surface area (Å²) in [5.74, 6) is 0.123. The quantitative estimate of drug-likeness (QED) is 0.674. The number of benzene rings is 2. The third-order valence-electron chi connectivity index (χ3n) is 6.05. The number of fused-ring (bicyclic) bond motifs is 1. The minimum atomic E-state index is 0.123. The summed E-state index contributed by atoms with van der Waals surface area (Å²) in [4.78, 5) is 26.5. The Bertz CT molecular complexity index is 1050. The SMILES string of the molecule is O=Cc1cccc(-c2ccc(C(=O)N(C3CC3)C3CCc4[nH]ncc4C3)cc2)c1. The van der Waals surface area contributed by atoms with Gasteiger partial charge in [0.2, 0.25) is 0 Å². The highest BCUT2D eigenvalue weighted by Crippen LogP contribution is 2.34. The van der Waals surface area contributed by atoms with E-state index in [1.165, 1.54) is 11.3 Å². The average molecular weight is 385 g/mol. The van der Waals surface area contributed by atoms with Crippen LogP contribution >= 0.6 is 0 Å². The standard InChI is InChI=1S/C24H23N3O2/c28-15-16-2-1-3-19(12-16)17-4-6-18(7-5-17)24(29)27(21-8-9-21)22-10-11-23-20(13-22)14-25-26-23/h1-7,12,14-15,21-22H,8-11,13H2,(H,25,26). The lowest BCUT2D eigenvalue weighted by Gasteiger charge is -2.34. The minimum Gasteiger partial charge on any atom is -0.332 e. The Morgan fingerprint density at radius 3 is 2.62 bits per heavy atom. The Morgan fingerprint density at radius 1 is 1.03 bits per heavy atom. The number of aryl methyl sites for hydroxylation is 1. The average Bonchev–Trinajstić information content (AvgIpc) is 3.49. The molecular formula is C24H23N3O2. The Labute approximate surface area is 169 Å². The zero-order valence-electron chi connectivity index (χ0n) is 16.2. The molecular weight excluding hydrogens is 362 g/mol. The van der Waals surface area contributed by atoms with Crippen LogP contribution in [-0.2, 0) is 12.8 Å². The van der Waals surface area contributed by atoms with Crippen molar-refractivity contribution >= 4 is 12.2 Å². The fourth-order valence-electron chi connectivity index (χ4n) is 4.36. The van der Waals surface area contributed by atoms with Crippen LogP contribution in [0.4, 0.5) is 0 Å². The van der Waals surface area contributed by atoms with Crippen molar-refractivity contribution in [2.24, 2.45) is 0 Å². The van der Waals surface area contributed by atoms with Gasteiger partial charge in [0.1, 0.15) is 6.29 Å². The van der Waals surface area contributed by atoms with E-state index in [1.54, 1.807) is 6.07 Å². The van der Waals surface area contributed by atoms with Gasteiger partial charge in [-0.05, 0) is 67.0 Å². The Kier molecular flexibility index (Phi) is 4.51. The molecule has 1 aromatic heterocycles. The highest BCUT2D eigenvalue weighted by atomic mass is 16.2. The van der Waals surface area contributed by atoms with Crippen molar-refractivity contribution < 1.29 is 9.59 Å². The number of aldehydes is 1. The van der Waals surface area contributed by atoms with E-state index in [2.05, 4.69) is 15.1 Å². The van der Waals surface area contributed by atoms with Crippen LogP contribution in [0.3, 0.4) is 0 Å². The van der Waals surface area contributed by atoms with Gasteiger partial charge in [0, 0.05) is 28.9 Å². The molecule has 1 N–H and O–H groups in total. The summed E-state index contributed by atoms with van der Waals surface area (Å²) in [5.41, 5.74) is 5.82. The monoisotopic (exact) mass is 385 g/mol. The number of carbonyl (C=O) groups is 2. The maximum Gasteiger partial charge on any atom is 0.254 e. The lowest BCUT2D eigenvalue weighted by atomic mass is 9.91. The fourth-order valence-corrected chi connectivity index (χ4v) is 4.36. The molecule has 1 unspecified atom stereocenters. The first kappa shape index (κ1) is 17.9. The number of hydrogen-bond acceptors (Lipinski definition) is 3. The van der Waals surface area contributed by atoms with Crippen LogP contribution < -0.4 is 0 Å². The van der Waals surface area contributed by atoms with Gasteiger partial charge in [-0.3, -0.25) is 14.7 Å². The number of aromatic nitrogens is 2. The van der Waals surface area contributed by atoms with E-state index in [0.29, 0.717) is 11.6 Å². The van der Waals surface area contributed by atoms with Crippen LogP contribution in [0, 0.1) is 0 Å². The molecule has 1 heterocycles. The van der Waals surface area contributed by atoms with Gasteiger partial charge in [-0.25, -0.2) is 0 Å². The van der Waals surface area contributed by atoms with Crippen LogP contribution in [0.25, 0.3) is 11.1 Å². The molecule has 0 radical (unpaired) electrons. The predicted molar refractivity (Wildman–Crippen MR) is 111 cm³/mol. The molecule has 1 amide bonds. The summed E-state index contributed by atoms with van der Waals surface area (Å²) in [6, 6.07) is 15.9. The fraction of sp³-hybridized carbons (Fsp3) is 0.292. The molecule has 0 spiro atoms. The molecule has 2 aliphatic carbocycles. The molecule has 3 aromatic rings. The first-order valence-electron chi connectivity index (χ1n) is 10.2. The van der Waals surface area contributed by atoms with Crippen LogP contribution in [-0.4, -0.2) is 39.4 Å². The first-order chi connectivity index (χ1) is 14.2. The van der Waals surface area contributed by atoms with E-state index in [-0.39, 0.29) is 11.9 Å². The predicted octanol–water partition coefficient (Wildman–Crippen LogP) is 4.05. The molecule has 1 saturated carbocycles. The van der Waals surface area contributed by atoms with E-state index in [9.17, 15) is 9.59 Å². The Hall–Kier alpha value is -3.21. The van der Waals surface area contributed by atoms with Crippen LogP contribution in [0.2, 0.25) is 0 Å². The van der Waals surface area contributed by atoms with Crippen molar-refractivity contribution in [2.75, 3.05) is 0 Å². The number of H-pyrrole nitrogens is 1. The lowest BCUT2D eigenvalue weighted by molar-refractivity contribution is 0.0642. The number of hydrogen-bond donors (Lipinski definition) is 1. The topological polar surface area (TPSA) is 66.1 Å². The third-order valence-corrected chi connectivity index (χ3v) is 6.05. The molecule has 2 aliphatic rings. The molecule has 2 aromatic carbocycles. The second kappa shape index (κ2) is 7.32. The summed E-state index contributed by atoms with van der Waals surface area (Å²) >= 11 is 0. The molecule has 5 heteroatoms. The van der Waals surface area contributed by atoms with Crippen molar-refractivity contribution in [3.63, 3.8) is 0 Å². The van der Waals surface area contributed by atoms with Crippen LogP contribution in [0.1, 0.15) is 51.2 Å². The maximum absolute atomic E-state index is 13.4. The van der Waals surface area contributed by atoms with Gasteiger partial charge in [0.25, 0.3) is 5.91 Å². The number of nitrogens with zero attached hydrogens (tertiary/aromatic N) is 2. The van der Waals surface area contributed by atoms with Gasteiger partial charge >= 0.3 is 0 Å². The maximum atomic E-state index is 13.4. The van der Waals surface area contributed by atoms with Crippen LogP contribution in [0.5, 0.6) is 0 Å². The van der Waals surface area contributed by atoms with Crippen molar-refractivity contribution in [1.29, 1.82) is 0 Å². The van der Waals surface area contributed by atoms with Gasteiger partial charge in [-0.15, -0.1) is 0 Å². The number of aromatic amines is 1. The van der Waals surface area contributed by atoms with E-state index in [0.717, 1.165) is 55.1 Å². The minimum absolute atomic E-state index is 0.123. The molecule has 1 atom stereocenters. The van der Waals surface area contributed by atoms with Crippen LogP contribution in [0.15, 0.2) is 54.7 Å². The summed E-state index contributed by atoms with van der Waals surface area (Å²) in [6.45, 7) is 0. The molecule has 0 saturated heterocycles. The van der Waals surface area contributed by atoms with Gasteiger partial charge < -0.3 is 4.90 Å². The molecule has 146 valence electrons. The van der Waals surface area contributed by atoms with Crippen molar-refractivity contribution in [3.05, 3.63) is 77.1 Å². The lowest BCUT2D eigenvalue weighted by Crippen LogP contribution is -2.44. The summed E-state index contributed by atoms with van der Waals surface area (Å²) in [6.07, 6.45) is 7.75. The summed E-state index contributed by atoms with van der Waals surface area (Å²) in [5, 5.41) is 7.24. The van der Waals surface area contributed by atoms with Crippen molar-refractivity contribution in [3.8, 4) is 11.1 Å². The largest absolute Gasteiger partial charge is 0.332 e. The van der Waals surface area contributed by atoms with E-state index in [1.807, 2.05) is 48.7 Å². The zero-order chi connectivity index (χ0) is 19.8. The van der Waals surface area contributed by atoms with Crippen molar-refractivity contribution in [1.82, 2.24) is 15.1 Å². The number of nitrogens with one attached hydrogen (secondary N) is 1. The molecule has 5 rings (SSSR count). The number of carbonyl (C=O) groups excluding carboxylic acids is 2. The highest BCUT2D eigenvalue weighted by Gasteiger charge is 2.39. The summed E-state index contributed by atoms with van der Waals surface area (Å²) < 4.78 is 0. The normalized spacial score (nSPS) is 18.1. The Balaban J connectivity index is 1.38. The summed E-state index contributed by atoms with van der Waals surface area (Å²) in [7, 11) is 0. The van der Waals surface area contributed by atoms with Gasteiger partial charge in [0.15, 0.2) is 0 Å². The Morgan fingerprint density at radius 2 is 1.86 bits per heavy atom. The smallest absolute Gasteiger partial charge is 0.254 e. The second-order valence-electron chi connectivity index (χ2n) is 8.03. The first-order valence-corrected chi connectivity index (χ1v) is 10.2. The van der Waals surface area contributed by atoms with E-state index in [4.69, 9.17) is 0 Å². The highest BCUT2D eigenvalue weighted by molar-refractivity contribution is 5.95. The third kappa shape index (κ3) is 3.48. The van der Waals surface area contributed by atoms with Gasteiger partial charge in [0.05, 0.1) is 6.20 Å². The van der Waals surface area contributed by atoms with E-state index >= 15 is 0 Å². The molecule has 0 aliphatic heterocycles. The molecule has 1 fully saturated rings. The number of rotatable bonds is 5. The van der Waals surface area contributed by atoms with Gasteiger partial charge in [-0.1, -0.05) is 30.3 Å². The molecule has 0 bridgehead atoms. The van der Waals surface area contributed by atoms with Crippen molar-refractivity contribution in [2.45, 2.75) is 44.2 Å². The zero-order valence-corrected chi connectivity index (χ0v) is 16.2. The van der Waals surface area contributed by atoms with Gasteiger partial charge in [-0.2, -0.15) is 5.10 Å².